The molecule has 0 spiro atoms. The third-order valence-electron chi connectivity index (χ3n) is 4.24. The smallest absolute Gasteiger partial charge is 0.0576 e. The fourth-order valence-electron chi connectivity index (χ4n) is 2.89. The minimum absolute atomic E-state index is 0.0961. The second kappa shape index (κ2) is 11.7. The van der Waals surface area contributed by atoms with Gasteiger partial charge in [0.15, 0.2) is 0 Å². The van der Waals surface area contributed by atoms with Crippen LogP contribution in [0.15, 0.2) is 0 Å². The predicted octanol–water partition coefficient (Wildman–Crippen LogP) is 4.84. The van der Waals surface area contributed by atoms with Crippen molar-refractivity contribution in [3.05, 3.63) is 0 Å². The van der Waals surface area contributed by atoms with Crippen molar-refractivity contribution in [1.29, 1.82) is 0 Å². The summed E-state index contributed by atoms with van der Waals surface area (Å²) in [6, 6.07) is 0. The first-order valence-electron chi connectivity index (χ1n) is 8.62. The molecular weight excluding hydrogens is 236 g/mol. The molecule has 1 saturated heterocycles. The highest BCUT2D eigenvalue weighted by molar-refractivity contribution is 4.66. The van der Waals surface area contributed by atoms with E-state index < -0.39 is 0 Å². The van der Waals surface area contributed by atoms with E-state index in [0.717, 1.165) is 25.9 Å². The number of ether oxygens (including phenoxy) is 1. The second-order valence-corrected chi connectivity index (χ2v) is 6.13. The molecule has 0 aromatic heterocycles. The number of aliphatic hydroxyl groups is 1. The number of aliphatic hydroxyl groups excluding tert-OH is 1. The lowest BCUT2D eigenvalue weighted by molar-refractivity contribution is 0.00158. The van der Waals surface area contributed by atoms with E-state index in [1.165, 1.54) is 64.2 Å². The first-order valence-corrected chi connectivity index (χ1v) is 8.62. The Morgan fingerprint density at radius 2 is 1.74 bits per heavy atom. The average molecular weight is 270 g/mol. The Morgan fingerprint density at radius 1 is 1.00 bits per heavy atom. The quantitative estimate of drug-likeness (QED) is 0.544. The zero-order valence-electron chi connectivity index (χ0n) is 12.9. The lowest BCUT2D eigenvalue weighted by Crippen LogP contribution is -2.21. The van der Waals surface area contributed by atoms with Crippen LogP contribution in [0.3, 0.4) is 0 Å². The van der Waals surface area contributed by atoms with Crippen LogP contribution < -0.4 is 0 Å². The normalized spacial score (nSPS) is 21.5. The summed E-state index contributed by atoms with van der Waals surface area (Å²) in [5.41, 5.74) is 0. The van der Waals surface area contributed by atoms with Crippen molar-refractivity contribution in [1.82, 2.24) is 0 Å². The number of hydrogen-bond acceptors (Lipinski definition) is 2. The largest absolute Gasteiger partial charge is 0.393 e. The predicted molar refractivity (Wildman–Crippen MR) is 81.4 cm³/mol. The van der Waals surface area contributed by atoms with Crippen LogP contribution in [0.4, 0.5) is 0 Å². The van der Waals surface area contributed by atoms with Gasteiger partial charge in [-0.1, -0.05) is 51.9 Å². The van der Waals surface area contributed by atoms with Gasteiger partial charge in [-0.2, -0.15) is 0 Å². The molecule has 0 saturated carbocycles. The van der Waals surface area contributed by atoms with Gasteiger partial charge in [-0.25, -0.2) is 0 Å². The Kier molecular flexibility index (Phi) is 10.5. The zero-order valence-corrected chi connectivity index (χ0v) is 12.9. The molecule has 1 heterocycles. The number of unbranched alkanes of at least 4 members (excludes halogenated alkanes) is 6. The van der Waals surface area contributed by atoms with Crippen molar-refractivity contribution < 1.29 is 9.84 Å². The van der Waals surface area contributed by atoms with Crippen molar-refractivity contribution in [3.63, 3.8) is 0 Å². The fraction of sp³-hybridized carbons (Fsp3) is 1.00. The summed E-state index contributed by atoms with van der Waals surface area (Å²) in [5.74, 6) is 0. The lowest BCUT2D eigenvalue weighted by atomic mass is 9.99. The van der Waals surface area contributed by atoms with Gasteiger partial charge in [-0.05, 0) is 38.5 Å². The highest BCUT2D eigenvalue weighted by Crippen LogP contribution is 2.19. The zero-order chi connectivity index (χ0) is 13.8. The van der Waals surface area contributed by atoms with Gasteiger partial charge in [-0.15, -0.1) is 0 Å². The van der Waals surface area contributed by atoms with E-state index >= 15 is 0 Å². The van der Waals surface area contributed by atoms with Gasteiger partial charge < -0.3 is 9.84 Å². The van der Waals surface area contributed by atoms with Gasteiger partial charge >= 0.3 is 0 Å². The van der Waals surface area contributed by atoms with E-state index in [9.17, 15) is 5.11 Å². The molecule has 1 N–H and O–H groups in total. The number of hydrogen-bond donors (Lipinski definition) is 1. The standard InChI is InChI=1S/C17H34O2/c1-2-3-4-5-6-7-8-11-16(18)13-14-17-12-9-10-15-19-17/h16-18H,2-15H2,1H3. The van der Waals surface area contributed by atoms with Crippen LogP contribution in [0.25, 0.3) is 0 Å². The molecule has 114 valence electrons. The maximum Gasteiger partial charge on any atom is 0.0576 e. The first-order chi connectivity index (χ1) is 9.33. The Morgan fingerprint density at radius 3 is 2.42 bits per heavy atom. The summed E-state index contributed by atoms with van der Waals surface area (Å²) in [4.78, 5) is 0. The highest BCUT2D eigenvalue weighted by Gasteiger charge is 2.15. The molecule has 19 heavy (non-hydrogen) atoms. The Bertz CT molecular complexity index is 188. The van der Waals surface area contributed by atoms with E-state index in [1.807, 2.05) is 0 Å². The van der Waals surface area contributed by atoms with Crippen molar-refractivity contribution in [2.24, 2.45) is 0 Å². The maximum atomic E-state index is 9.97. The topological polar surface area (TPSA) is 29.5 Å². The summed E-state index contributed by atoms with van der Waals surface area (Å²) < 4.78 is 5.70. The molecule has 2 atom stereocenters. The lowest BCUT2D eigenvalue weighted by Gasteiger charge is -2.23. The minimum Gasteiger partial charge on any atom is -0.393 e. The second-order valence-electron chi connectivity index (χ2n) is 6.13. The molecular formula is C17H34O2. The van der Waals surface area contributed by atoms with Gasteiger partial charge in [0.05, 0.1) is 12.2 Å². The summed E-state index contributed by atoms with van der Waals surface area (Å²) in [6.07, 6.45) is 16.3. The Hall–Kier alpha value is -0.0800. The SMILES string of the molecule is CCCCCCCCCC(O)CCC1CCCCO1. The van der Waals surface area contributed by atoms with Gasteiger partial charge in [0.2, 0.25) is 0 Å². The van der Waals surface area contributed by atoms with E-state index in [-0.39, 0.29) is 6.10 Å². The Balaban J connectivity index is 1.85. The van der Waals surface area contributed by atoms with E-state index in [0.29, 0.717) is 6.10 Å². The van der Waals surface area contributed by atoms with Crippen LogP contribution in [-0.4, -0.2) is 23.9 Å². The van der Waals surface area contributed by atoms with Crippen LogP contribution in [0.5, 0.6) is 0 Å². The van der Waals surface area contributed by atoms with Crippen LogP contribution in [-0.2, 0) is 4.74 Å². The molecule has 0 bridgehead atoms. The van der Waals surface area contributed by atoms with Crippen LogP contribution >= 0.6 is 0 Å². The van der Waals surface area contributed by atoms with Gasteiger partial charge in [0, 0.05) is 6.61 Å². The van der Waals surface area contributed by atoms with Crippen molar-refractivity contribution in [2.45, 2.75) is 103 Å². The van der Waals surface area contributed by atoms with Crippen LogP contribution in [0.1, 0.15) is 90.4 Å². The van der Waals surface area contributed by atoms with Crippen molar-refractivity contribution in [3.8, 4) is 0 Å². The van der Waals surface area contributed by atoms with Crippen LogP contribution in [0, 0.1) is 0 Å². The van der Waals surface area contributed by atoms with Crippen molar-refractivity contribution >= 4 is 0 Å². The molecule has 2 nitrogen and oxygen atoms in total. The molecule has 1 aliphatic heterocycles. The molecule has 0 amide bonds. The van der Waals surface area contributed by atoms with E-state index in [1.54, 1.807) is 0 Å². The monoisotopic (exact) mass is 270 g/mol. The highest BCUT2D eigenvalue weighted by atomic mass is 16.5. The van der Waals surface area contributed by atoms with E-state index in [2.05, 4.69) is 6.92 Å². The third kappa shape index (κ3) is 9.45. The summed E-state index contributed by atoms with van der Waals surface area (Å²) >= 11 is 0. The molecule has 0 aliphatic carbocycles. The van der Waals surface area contributed by atoms with Gasteiger partial charge in [0.1, 0.15) is 0 Å². The summed E-state index contributed by atoms with van der Waals surface area (Å²) in [7, 11) is 0. The average Bonchev–Trinajstić information content (AvgIpc) is 2.45. The molecule has 2 unspecified atom stereocenters. The maximum absolute atomic E-state index is 9.97. The van der Waals surface area contributed by atoms with E-state index in [4.69, 9.17) is 4.74 Å². The van der Waals surface area contributed by atoms with Crippen molar-refractivity contribution in [2.75, 3.05) is 6.61 Å². The molecule has 1 aliphatic rings. The van der Waals surface area contributed by atoms with Crippen LogP contribution in [0.2, 0.25) is 0 Å². The molecule has 1 fully saturated rings. The Labute approximate surface area is 119 Å². The molecule has 0 aromatic carbocycles. The number of rotatable bonds is 11. The summed E-state index contributed by atoms with van der Waals surface area (Å²) in [6.45, 7) is 3.19. The first kappa shape index (κ1) is 17.0. The molecule has 0 aromatic rings. The molecule has 1 rings (SSSR count). The third-order valence-corrected chi connectivity index (χ3v) is 4.24. The molecule has 2 heteroatoms. The molecule has 0 radical (unpaired) electrons. The summed E-state index contributed by atoms with van der Waals surface area (Å²) in [5, 5.41) is 9.97. The fourth-order valence-corrected chi connectivity index (χ4v) is 2.89. The van der Waals surface area contributed by atoms with Gasteiger partial charge in [0.25, 0.3) is 0 Å². The minimum atomic E-state index is -0.0961. The van der Waals surface area contributed by atoms with Gasteiger partial charge in [-0.3, -0.25) is 0 Å².